The van der Waals surface area contributed by atoms with Gasteiger partial charge in [0.25, 0.3) is 5.91 Å². The second-order valence-electron chi connectivity index (χ2n) is 4.84. The van der Waals surface area contributed by atoms with Gasteiger partial charge in [0.1, 0.15) is 0 Å². The van der Waals surface area contributed by atoms with Crippen LogP contribution in [0.15, 0.2) is 24.3 Å². The van der Waals surface area contributed by atoms with Crippen LogP contribution in [0.5, 0.6) is 0 Å². The number of nitrogens with zero attached hydrogens (tertiary/aromatic N) is 2. The minimum Gasteiger partial charge on any atom is -0.378 e. The summed E-state index contributed by atoms with van der Waals surface area (Å²) in [5.74, 6) is 0.462. The molecule has 0 bridgehead atoms. The monoisotopic (exact) mass is 282 g/mol. The van der Waals surface area contributed by atoms with E-state index in [1.807, 2.05) is 48.2 Å². The molecule has 19 heavy (non-hydrogen) atoms. The number of ether oxygens (including phenoxy) is 1. The Kier molecular flexibility index (Phi) is 4.66. The number of carbonyl (C=O) groups excluding carboxylic acids is 1. The molecule has 0 saturated carbocycles. The van der Waals surface area contributed by atoms with Gasteiger partial charge in [-0.1, -0.05) is 6.07 Å². The molecule has 0 aliphatic carbocycles. The quantitative estimate of drug-likeness (QED) is 0.793. The maximum Gasteiger partial charge on any atom is 0.254 e. The smallest absolute Gasteiger partial charge is 0.254 e. The molecule has 1 aliphatic heterocycles. The van der Waals surface area contributed by atoms with Gasteiger partial charge in [0.2, 0.25) is 0 Å². The van der Waals surface area contributed by atoms with Crippen LogP contribution in [-0.4, -0.2) is 56.6 Å². The molecule has 1 aromatic rings. The lowest BCUT2D eigenvalue weighted by molar-refractivity contribution is -0.0108. The van der Waals surface area contributed by atoms with E-state index in [1.165, 1.54) is 0 Å². The number of carbonyl (C=O) groups is 1. The van der Waals surface area contributed by atoms with Gasteiger partial charge in [0.15, 0.2) is 0 Å². The van der Waals surface area contributed by atoms with Crippen molar-refractivity contribution in [2.24, 2.45) is 0 Å². The number of benzene rings is 1. The van der Waals surface area contributed by atoms with Crippen LogP contribution < -0.4 is 4.90 Å². The van der Waals surface area contributed by atoms with E-state index in [0.717, 1.165) is 5.69 Å². The topological polar surface area (TPSA) is 32.8 Å². The average molecular weight is 283 g/mol. The molecule has 0 aromatic heterocycles. The lowest BCUT2D eigenvalue weighted by Crippen LogP contribution is -2.46. The Morgan fingerprint density at radius 2 is 2.32 bits per heavy atom. The Morgan fingerprint density at radius 1 is 1.53 bits per heavy atom. The first-order chi connectivity index (χ1) is 9.11. The summed E-state index contributed by atoms with van der Waals surface area (Å²) in [4.78, 5) is 16.2. The molecule has 5 heteroatoms. The molecule has 0 N–H and O–H groups in total. The van der Waals surface area contributed by atoms with E-state index in [1.54, 1.807) is 0 Å². The predicted molar refractivity (Wildman–Crippen MR) is 77.1 cm³/mol. The Balaban J connectivity index is 2.12. The van der Waals surface area contributed by atoms with Crippen molar-refractivity contribution in [3.05, 3.63) is 29.8 Å². The van der Waals surface area contributed by atoms with Crippen LogP contribution in [0.1, 0.15) is 10.4 Å². The van der Waals surface area contributed by atoms with Crippen molar-refractivity contribution in [1.82, 2.24) is 4.90 Å². The van der Waals surface area contributed by atoms with Crippen LogP contribution in [0.25, 0.3) is 0 Å². The van der Waals surface area contributed by atoms with Gasteiger partial charge in [-0.2, -0.15) is 0 Å². The summed E-state index contributed by atoms with van der Waals surface area (Å²) >= 11 is 5.79. The summed E-state index contributed by atoms with van der Waals surface area (Å²) in [6.45, 7) is 1.74. The van der Waals surface area contributed by atoms with Gasteiger partial charge in [0.05, 0.1) is 18.6 Å². The fraction of sp³-hybridized carbons (Fsp3) is 0.500. The second kappa shape index (κ2) is 6.26. The number of halogens is 1. The highest BCUT2D eigenvalue weighted by Crippen LogP contribution is 2.17. The Morgan fingerprint density at radius 3 is 3.00 bits per heavy atom. The normalized spacial score (nSPS) is 19.3. The maximum absolute atomic E-state index is 12.4. The van der Waals surface area contributed by atoms with Crippen LogP contribution in [0.2, 0.25) is 0 Å². The third-order valence-electron chi connectivity index (χ3n) is 3.21. The zero-order chi connectivity index (χ0) is 13.8. The van der Waals surface area contributed by atoms with E-state index in [-0.39, 0.29) is 12.0 Å². The van der Waals surface area contributed by atoms with Crippen LogP contribution in [0.3, 0.4) is 0 Å². The van der Waals surface area contributed by atoms with Gasteiger partial charge < -0.3 is 14.5 Å². The van der Waals surface area contributed by atoms with Crippen molar-refractivity contribution in [2.75, 3.05) is 44.6 Å². The Bertz CT molecular complexity index is 451. The molecule has 1 atom stereocenters. The molecule has 1 aromatic carbocycles. The maximum atomic E-state index is 12.4. The number of hydrogen-bond acceptors (Lipinski definition) is 3. The van der Waals surface area contributed by atoms with Gasteiger partial charge >= 0.3 is 0 Å². The number of morpholine rings is 1. The number of anilines is 1. The molecule has 1 saturated heterocycles. The van der Waals surface area contributed by atoms with E-state index in [2.05, 4.69) is 0 Å². The van der Waals surface area contributed by atoms with E-state index < -0.39 is 0 Å². The Labute approximate surface area is 118 Å². The molecule has 0 radical (unpaired) electrons. The van der Waals surface area contributed by atoms with Crippen molar-refractivity contribution in [3.8, 4) is 0 Å². The largest absolute Gasteiger partial charge is 0.378 e. The summed E-state index contributed by atoms with van der Waals surface area (Å²) in [6.07, 6.45) is -0.0589. The van der Waals surface area contributed by atoms with Gasteiger partial charge in [-0.05, 0) is 18.2 Å². The van der Waals surface area contributed by atoms with Gasteiger partial charge in [-0.25, -0.2) is 0 Å². The van der Waals surface area contributed by atoms with Crippen molar-refractivity contribution in [3.63, 3.8) is 0 Å². The summed E-state index contributed by atoms with van der Waals surface area (Å²) in [5.41, 5.74) is 1.73. The highest BCUT2D eigenvalue weighted by atomic mass is 35.5. The van der Waals surface area contributed by atoms with E-state index in [9.17, 15) is 4.79 Å². The van der Waals surface area contributed by atoms with E-state index >= 15 is 0 Å². The van der Waals surface area contributed by atoms with Crippen molar-refractivity contribution in [2.45, 2.75) is 6.10 Å². The molecular formula is C14H19ClN2O2. The molecule has 2 rings (SSSR count). The minimum absolute atomic E-state index is 0.0436. The fourth-order valence-electron chi connectivity index (χ4n) is 2.10. The molecule has 0 spiro atoms. The van der Waals surface area contributed by atoms with Gasteiger partial charge in [-0.15, -0.1) is 11.6 Å². The summed E-state index contributed by atoms with van der Waals surface area (Å²) < 4.78 is 5.47. The van der Waals surface area contributed by atoms with Gasteiger partial charge in [0, 0.05) is 38.4 Å². The standard InChI is InChI=1S/C14H19ClN2O2/c1-16(2)12-5-3-4-11(8-12)14(18)17-6-7-19-13(9-15)10-17/h3-5,8,13H,6-7,9-10H2,1-2H3. The van der Waals surface area contributed by atoms with E-state index in [4.69, 9.17) is 16.3 Å². The molecule has 104 valence electrons. The second-order valence-corrected chi connectivity index (χ2v) is 5.15. The third kappa shape index (κ3) is 3.39. The summed E-state index contributed by atoms with van der Waals surface area (Å²) in [7, 11) is 3.92. The summed E-state index contributed by atoms with van der Waals surface area (Å²) in [6, 6.07) is 7.65. The first kappa shape index (κ1) is 14.2. The summed E-state index contributed by atoms with van der Waals surface area (Å²) in [5, 5.41) is 0. The third-order valence-corrected chi connectivity index (χ3v) is 3.55. The number of hydrogen-bond donors (Lipinski definition) is 0. The van der Waals surface area contributed by atoms with Crippen LogP contribution in [0, 0.1) is 0 Å². The molecule has 4 nitrogen and oxygen atoms in total. The van der Waals surface area contributed by atoms with Crippen LogP contribution >= 0.6 is 11.6 Å². The highest BCUT2D eigenvalue weighted by Gasteiger charge is 2.24. The molecule has 1 fully saturated rings. The predicted octanol–water partition coefficient (Wildman–Crippen LogP) is 1.83. The lowest BCUT2D eigenvalue weighted by Gasteiger charge is -2.32. The molecule has 1 aliphatic rings. The van der Waals surface area contributed by atoms with Crippen molar-refractivity contribution >= 4 is 23.2 Å². The number of amides is 1. The van der Waals surface area contributed by atoms with Crippen LogP contribution in [-0.2, 0) is 4.74 Å². The van der Waals surface area contributed by atoms with Crippen molar-refractivity contribution < 1.29 is 9.53 Å². The van der Waals surface area contributed by atoms with Crippen molar-refractivity contribution in [1.29, 1.82) is 0 Å². The fourth-order valence-corrected chi connectivity index (χ4v) is 2.28. The lowest BCUT2D eigenvalue weighted by atomic mass is 10.1. The zero-order valence-corrected chi connectivity index (χ0v) is 12.1. The Hall–Kier alpha value is -1.26. The zero-order valence-electron chi connectivity index (χ0n) is 11.3. The molecule has 1 heterocycles. The number of alkyl halides is 1. The molecule has 1 amide bonds. The van der Waals surface area contributed by atoms with Gasteiger partial charge in [-0.3, -0.25) is 4.79 Å². The minimum atomic E-state index is -0.0589. The number of rotatable bonds is 3. The molecule has 1 unspecified atom stereocenters. The highest BCUT2D eigenvalue weighted by molar-refractivity contribution is 6.18. The molecular weight excluding hydrogens is 264 g/mol. The van der Waals surface area contributed by atoms with Crippen LogP contribution in [0.4, 0.5) is 5.69 Å². The SMILES string of the molecule is CN(C)c1cccc(C(=O)N2CCOC(CCl)C2)c1. The first-order valence-electron chi connectivity index (χ1n) is 6.36. The van der Waals surface area contributed by atoms with E-state index in [0.29, 0.717) is 31.1 Å². The first-order valence-corrected chi connectivity index (χ1v) is 6.89. The average Bonchev–Trinajstić information content (AvgIpc) is 2.46.